The van der Waals surface area contributed by atoms with Crippen LogP contribution < -0.4 is 5.32 Å². The number of rotatable bonds is 2. The van der Waals surface area contributed by atoms with Crippen LogP contribution in [0.3, 0.4) is 0 Å². The quantitative estimate of drug-likeness (QED) is 0.778. The number of hydrogen-bond donors (Lipinski definition) is 2. The van der Waals surface area contributed by atoms with Gasteiger partial charge >= 0.3 is 0 Å². The van der Waals surface area contributed by atoms with Gasteiger partial charge in [-0.15, -0.1) is 12.6 Å². The highest BCUT2D eigenvalue weighted by atomic mass is 79.9. The zero-order valence-corrected chi connectivity index (χ0v) is 12.6. The van der Waals surface area contributed by atoms with Gasteiger partial charge in [-0.05, 0) is 48.9 Å². The Kier molecular flexibility index (Phi) is 4.27. The molecule has 2 nitrogen and oxygen atoms in total. The maximum absolute atomic E-state index is 13.2. The molecule has 0 radical (unpaired) electrons. The Morgan fingerprint density at radius 2 is 2.00 bits per heavy atom. The molecule has 0 aromatic heterocycles. The lowest BCUT2D eigenvalue weighted by atomic mass is 10.2. The van der Waals surface area contributed by atoms with E-state index in [9.17, 15) is 9.18 Å². The molecule has 1 N–H and O–H groups in total. The second-order valence-corrected chi connectivity index (χ2v) is 5.53. The van der Waals surface area contributed by atoms with Crippen LogP contribution in [0.5, 0.6) is 0 Å². The van der Waals surface area contributed by atoms with Crippen LogP contribution in [-0.4, -0.2) is 5.91 Å². The fourth-order valence-corrected chi connectivity index (χ4v) is 2.56. The van der Waals surface area contributed by atoms with E-state index in [1.165, 1.54) is 12.1 Å². The van der Waals surface area contributed by atoms with Gasteiger partial charge in [-0.25, -0.2) is 4.39 Å². The van der Waals surface area contributed by atoms with E-state index in [0.717, 1.165) is 10.0 Å². The molecular weight excluding hydrogens is 329 g/mol. The Labute approximate surface area is 124 Å². The molecule has 0 atom stereocenters. The molecule has 0 bridgehead atoms. The first-order valence-electron chi connectivity index (χ1n) is 5.53. The van der Waals surface area contributed by atoms with E-state index in [2.05, 4.69) is 33.9 Å². The third kappa shape index (κ3) is 3.58. The Bertz CT molecular complexity index is 625. The molecule has 98 valence electrons. The fourth-order valence-electron chi connectivity index (χ4n) is 1.70. The number of halogens is 2. The minimum atomic E-state index is -0.378. The van der Waals surface area contributed by atoms with E-state index in [4.69, 9.17) is 0 Å². The van der Waals surface area contributed by atoms with Gasteiger partial charge in [0.2, 0.25) is 0 Å². The normalized spacial score (nSPS) is 10.3. The zero-order valence-electron chi connectivity index (χ0n) is 10.1. The number of nitrogens with one attached hydrogen (secondary N) is 1. The lowest BCUT2D eigenvalue weighted by molar-refractivity contribution is 0.102. The average molecular weight is 340 g/mol. The van der Waals surface area contributed by atoms with Gasteiger partial charge in [-0.3, -0.25) is 4.79 Å². The zero-order chi connectivity index (χ0) is 14.0. The maximum Gasteiger partial charge on any atom is 0.256 e. The highest BCUT2D eigenvalue weighted by Gasteiger charge is 2.10. The Balaban J connectivity index is 2.25. The van der Waals surface area contributed by atoms with Crippen molar-refractivity contribution >= 4 is 40.2 Å². The highest BCUT2D eigenvalue weighted by Crippen LogP contribution is 2.21. The maximum atomic E-state index is 13.2. The van der Waals surface area contributed by atoms with Crippen LogP contribution in [0.2, 0.25) is 0 Å². The minimum Gasteiger partial charge on any atom is -0.322 e. The molecule has 0 aliphatic rings. The minimum absolute atomic E-state index is 0.317. The first-order valence-corrected chi connectivity index (χ1v) is 6.77. The first kappa shape index (κ1) is 14.1. The van der Waals surface area contributed by atoms with Crippen molar-refractivity contribution in [2.24, 2.45) is 0 Å². The monoisotopic (exact) mass is 339 g/mol. The second-order valence-electron chi connectivity index (χ2n) is 4.13. The van der Waals surface area contributed by atoms with Gasteiger partial charge in [0.15, 0.2) is 0 Å². The van der Waals surface area contributed by atoms with Crippen molar-refractivity contribution in [2.45, 2.75) is 11.8 Å². The molecule has 0 saturated carbocycles. The lowest BCUT2D eigenvalue weighted by Crippen LogP contribution is -2.13. The van der Waals surface area contributed by atoms with E-state index in [0.29, 0.717) is 16.1 Å². The standard InChI is InChI=1S/C14H11BrFNOS/c1-8-4-10(16)7-11(5-8)17-14(18)12-3-2-9(15)6-13(12)19/h2-7,19H,1H3,(H,17,18). The number of hydrogen-bond acceptors (Lipinski definition) is 2. The van der Waals surface area contributed by atoms with Crippen molar-refractivity contribution in [1.82, 2.24) is 0 Å². The smallest absolute Gasteiger partial charge is 0.256 e. The summed E-state index contributed by atoms with van der Waals surface area (Å²) in [7, 11) is 0. The number of amides is 1. The molecule has 0 heterocycles. The van der Waals surface area contributed by atoms with E-state index in [1.807, 2.05) is 0 Å². The van der Waals surface area contributed by atoms with Crippen molar-refractivity contribution in [2.75, 3.05) is 5.32 Å². The van der Waals surface area contributed by atoms with E-state index in [-0.39, 0.29) is 11.7 Å². The lowest BCUT2D eigenvalue weighted by Gasteiger charge is -2.08. The Hall–Kier alpha value is -1.33. The van der Waals surface area contributed by atoms with Gasteiger partial charge in [0.25, 0.3) is 5.91 Å². The molecule has 0 fully saturated rings. The van der Waals surface area contributed by atoms with Gasteiger partial charge in [0.05, 0.1) is 5.56 Å². The van der Waals surface area contributed by atoms with Crippen molar-refractivity contribution in [3.05, 3.63) is 57.8 Å². The molecule has 0 spiro atoms. The third-order valence-corrected chi connectivity index (χ3v) is 3.37. The number of benzene rings is 2. The molecule has 0 saturated heterocycles. The summed E-state index contributed by atoms with van der Waals surface area (Å²) in [6.07, 6.45) is 0. The van der Waals surface area contributed by atoms with Crippen LogP contribution >= 0.6 is 28.6 Å². The molecule has 2 aromatic carbocycles. The average Bonchev–Trinajstić information content (AvgIpc) is 2.26. The Morgan fingerprint density at radius 3 is 2.63 bits per heavy atom. The van der Waals surface area contributed by atoms with Crippen molar-refractivity contribution in [3.8, 4) is 0 Å². The summed E-state index contributed by atoms with van der Waals surface area (Å²) in [6, 6.07) is 9.54. The van der Waals surface area contributed by atoms with Crippen molar-refractivity contribution < 1.29 is 9.18 Å². The number of carbonyl (C=O) groups is 1. The molecule has 2 aromatic rings. The highest BCUT2D eigenvalue weighted by molar-refractivity contribution is 9.10. The molecule has 0 aliphatic carbocycles. The van der Waals surface area contributed by atoms with Crippen LogP contribution in [0.4, 0.5) is 10.1 Å². The largest absolute Gasteiger partial charge is 0.322 e. The summed E-state index contributed by atoms with van der Waals surface area (Å²) in [5.74, 6) is -0.695. The molecule has 19 heavy (non-hydrogen) atoms. The summed E-state index contributed by atoms with van der Waals surface area (Å²) in [6.45, 7) is 1.77. The Morgan fingerprint density at radius 1 is 1.26 bits per heavy atom. The van der Waals surface area contributed by atoms with E-state index < -0.39 is 0 Å². The number of aryl methyl sites for hydroxylation is 1. The van der Waals surface area contributed by atoms with Crippen LogP contribution in [0.25, 0.3) is 0 Å². The summed E-state index contributed by atoms with van der Waals surface area (Å²) < 4.78 is 14.1. The first-order chi connectivity index (χ1) is 8.95. The molecule has 5 heteroatoms. The van der Waals surface area contributed by atoms with Crippen LogP contribution in [0.1, 0.15) is 15.9 Å². The molecule has 0 unspecified atom stereocenters. The third-order valence-electron chi connectivity index (χ3n) is 2.50. The summed E-state index contributed by atoms with van der Waals surface area (Å²) in [4.78, 5) is 12.6. The molecule has 2 rings (SSSR count). The van der Waals surface area contributed by atoms with Gasteiger partial charge in [-0.2, -0.15) is 0 Å². The van der Waals surface area contributed by atoms with Crippen molar-refractivity contribution in [1.29, 1.82) is 0 Å². The SMILES string of the molecule is Cc1cc(F)cc(NC(=O)c2ccc(Br)cc2S)c1. The second kappa shape index (κ2) is 5.75. The number of thiol groups is 1. The van der Waals surface area contributed by atoms with Crippen molar-refractivity contribution in [3.63, 3.8) is 0 Å². The topological polar surface area (TPSA) is 29.1 Å². The fraction of sp³-hybridized carbons (Fsp3) is 0.0714. The number of anilines is 1. The van der Waals surface area contributed by atoms with Gasteiger partial charge < -0.3 is 5.32 Å². The van der Waals surface area contributed by atoms with Gasteiger partial charge in [0, 0.05) is 15.1 Å². The van der Waals surface area contributed by atoms with Crippen LogP contribution in [0, 0.1) is 12.7 Å². The van der Waals surface area contributed by atoms with Gasteiger partial charge in [0.1, 0.15) is 5.82 Å². The van der Waals surface area contributed by atoms with Crippen LogP contribution in [0.15, 0.2) is 45.8 Å². The molecule has 1 amide bonds. The van der Waals surface area contributed by atoms with E-state index in [1.54, 1.807) is 31.2 Å². The van der Waals surface area contributed by atoms with Crippen LogP contribution in [-0.2, 0) is 0 Å². The summed E-state index contributed by atoms with van der Waals surface area (Å²) >= 11 is 7.55. The predicted molar refractivity (Wildman–Crippen MR) is 80.5 cm³/mol. The van der Waals surface area contributed by atoms with E-state index >= 15 is 0 Å². The summed E-state index contributed by atoms with van der Waals surface area (Å²) in [5, 5.41) is 2.66. The molecular formula is C14H11BrFNOS. The molecule has 0 aliphatic heterocycles. The summed E-state index contributed by atoms with van der Waals surface area (Å²) in [5.41, 5.74) is 1.61. The van der Waals surface area contributed by atoms with Gasteiger partial charge in [-0.1, -0.05) is 15.9 Å². The number of carbonyl (C=O) groups excluding carboxylic acids is 1. The predicted octanol–water partition coefficient (Wildman–Crippen LogP) is 4.44.